The smallest absolute Gasteiger partial charge is 0.352 e. The first kappa shape index (κ1) is 24.0. The van der Waals surface area contributed by atoms with E-state index in [9.17, 15) is 30.7 Å². The van der Waals surface area contributed by atoms with Crippen molar-refractivity contribution in [1.29, 1.82) is 0 Å². The van der Waals surface area contributed by atoms with E-state index < -0.39 is 42.2 Å². The summed E-state index contributed by atoms with van der Waals surface area (Å²) in [6.45, 7) is 2.95. The molecule has 2 saturated heterocycles. The second-order valence-electron chi connectivity index (χ2n) is 8.54. The Kier molecular flexibility index (Phi) is 6.45. The van der Waals surface area contributed by atoms with Gasteiger partial charge < -0.3 is 14.8 Å². The first-order chi connectivity index (χ1) is 15.4. The van der Waals surface area contributed by atoms with Crippen molar-refractivity contribution in [3.05, 3.63) is 70.0 Å². The van der Waals surface area contributed by atoms with Gasteiger partial charge in [0.2, 0.25) is 0 Å². The minimum Gasteiger partial charge on any atom is -0.352 e. The minimum atomic E-state index is -4.94. The largest absolute Gasteiger partial charge is 0.416 e. The summed E-state index contributed by atoms with van der Waals surface area (Å²) < 4.78 is 104. The van der Waals surface area contributed by atoms with Gasteiger partial charge >= 0.3 is 12.4 Å². The molecule has 4 atom stereocenters. The summed E-state index contributed by atoms with van der Waals surface area (Å²) in [4.78, 5) is 0. The molecule has 2 heterocycles. The lowest BCUT2D eigenvalue weighted by molar-refractivity contribution is -0.203. The van der Waals surface area contributed by atoms with E-state index in [1.807, 2.05) is 0 Å². The Labute approximate surface area is 185 Å². The first-order valence-corrected chi connectivity index (χ1v) is 10.4. The Hall–Kier alpha value is -2.17. The molecule has 33 heavy (non-hydrogen) atoms. The van der Waals surface area contributed by atoms with Crippen molar-refractivity contribution < 1.29 is 40.2 Å². The number of alkyl halides is 6. The molecule has 0 radical (unpaired) electrons. The number of nitrogens with one attached hydrogen (secondary N) is 1. The van der Waals surface area contributed by atoms with Crippen molar-refractivity contribution in [3.63, 3.8) is 0 Å². The van der Waals surface area contributed by atoms with E-state index in [0.29, 0.717) is 30.8 Å². The maximum atomic E-state index is 13.7. The van der Waals surface area contributed by atoms with Gasteiger partial charge in [-0.05, 0) is 72.3 Å². The number of fused-ring (bicyclic) bond motifs is 1. The van der Waals surface area contributed by atoms with Gasteiger partial charge in [-0.1, -0.05) is 6.07 Å². The van der Waals surface area contributed by atoms with Crippen molar-refractivity contribution in [3.8, 4) is 0 Å². The van der Waals surface area contributed by atoms with Gasteiger partial charge in [-0.3, -0.25) is 0 Å². The maximum absolute atomic E-state index is 13.7. The molecule has 2 aliphatic rings. The molecule has 0 amide bonds. The van der Waals surface area contributed by atoms with E-state index in [0.717, 1.165) is 12.1 Å². The Balaban J connectivity index is 1.62. The highest BCUT2D eigenvalue weighted by Gasteiger charge is 2.45. The zero-order chi connectivity index (χ0) is 24.0. The van der Waals surface area contributed by atoms with Crippen LogP contribution in [0.4, 0.5) is 30.7 Å². The van der Waals surface area contributed by atoms with Gasteiger partial charge in [0.25, 0.3) is 0 Å². The van der Waals surface area contributed by atoms with Crippen LogP contribution in [0.15, 0.2) is 36.4 Å². The molecule has 4 rings (SSSR count). The summed E-state index contributed by atoms with van der Waals surface area (Å²) in [7, 11) is 0. The number of hydrogen-bond acceptors (Lipinski definition) is 3. The lowest BCUT2D eigenvalue weighted by Crippen LogP contribution is -2.42. The second-order valence-corrected chi connectivity index (χ2v) is 8.54. The van der Waals surface area contributed by atoms with Crippen molar-refractivity contribution in [1.82, 2.24) is 5.32 Å². The summed E-state index contributed by atoms with van der Waals surface area (Å²) in [5.41, 5.74) is -1.61. The summed E-state index contributed by atoms with van der Waals surface area (Å²) in [5, 5.41) is 3.28. The Morgan fingerprint density at radius 2 is 1.64 bits per heavy atom. The lowest BCUT2D eigenvalue weighted by Gasteiger charge is -2.40. The summed E-state index contributed by atoms with van der Waals surface area (Å²) in [6.07, 6.45) is -10.8. The molecule has 0 bridgehead atoms. The molecular weight excluding hydrogens is 455 g/mol. The van der Waals surface area contributed by atoms with Gasteiger partial charge in [-0.15, -0.1) is 0 Å². The summed E-state index contributed by atoms with van der Waals surface area (Å²) >= 11 is 0. The van der Waals surface area contributed by atoms with E-state index in [-0.39, 0.29) is 29.4 Å². The number of rotatable bonds is 4. The van der Waals surface area contributed by atoms with Crippen LogP contribution in [0.2, 0.25) is 0 Å². The fraction of sp³-hybridized carbons (Fsp3) is 0.478. The Morgan fingerprint density at radius 3 is 2.24 bits per heavy atom. The fourth-order valence-corrected chi connectivity index (χ4v) is 4.70. The maximum Gasteiger partial charge on any atom is 0.416 e. The summed E-state index contributed by atoms with van der Waals surface area (Å²) in [5.74, 6) is -0.521. The number of hydrogen-bond donors (Lipinski definition) is 1. The quantitative estimate of drug-likeness (QED) is 0.577. The average Bonchev–Trinajstić information content (AvgIpc) is 3.20. The van der Waals surface area contributed by atoms with Crippen LogP contribution in [0.5, 0.6) is 0 Å². The SMILES string of the molecule is Cc1cc(F)ccc1[C@@H]1[C@@H](OCc2cc(C(F)(F)F)cc(C(F)(F)F)c2)OC[C@@H]2CNC[C@H]21. The van der Waals surface area contributed by atoms with E-state index in [2.05, 4.69) is 5.32 Å². The molecule has 2 aromatic rings. The third kappa shape index (κ3) is 5.17. The molecule has 1 N–H and O–H groups in total. The number of halogens is 7. The molecule has 2 aromatic carbocycles. The second kappa shape index (κ2) is 8.88. The molecule has 0 aliphatic carbocycles. The topological polar surface area (TPSA) is 30.5 Å². The molecule has 180 valence electrons. The molecule has 0 saturated carbocycles. The zero-order valence-electron chi connectivity index (χ0n) is 17.6. The van der Waals surface area contributed by atoms with E-state index in [4.69, 9.17) is 9.47 Å². The van der Waals surface area contributed by atoms with E-state index >= 15 is 0 Å². The number of ether oxygens (including phenoxy) is 2. The van der Waals surface area contributed by atoms with Crippen molar-refractivity contribution in [2.45, 2.75) is 38.1 Å². The van der Waals surface area contributed by atoms with Crippen molar-refractivity contribution >= 4 is 0 Å². The van der Waals surface area contributed by atoms with Gasteiger partial charge in [0.05, 0.1) is 24.3 Å². The van der Waals surface area contributed by atoms with Gasteiger partial charge in [0, 0.05) is 12.5 Å². The third-order valence-electron chi connectivity index (χ3n) is 6.27. The Morgan fingerprint density at radius 1 is 0.970 bits per heavy atom. The van der Waals surface area contributed by atoms with Gasteiger partial charge in [0.1, 0.15) is 5.82 Å². The van der Waals surface area contributed by atoms with E-state index in [1.54, 1.807) is 13.0 Å². The molecule has 10 heteroatoms. The highest BCUT2D eigenvalue weighted by Crippen LogP contribution is 2.43. The molecule has 0 aromatic heterocycles. The van der Waals surface area contributed by atoms with Crippen LogP contribution in [0, 0.1) is 24.6 Å². The predicted molar refractivity (Wildman–Crippen MR) is 105 cm³/mol. The predicted octanol–water partition coefficient (Wildman–Crippen LogP) is 5.66. The average molecular weight is 477 g/mol. The Bertz CT molecular complexity index is 973. The zero-order valence-corrected chi connectivity index (χ0v) is 17.6. The van der Waals surface area contributed by atoms with Crippen LogP contribution in [-0.4, -0.2) is 26.0 Å². The van der Waals surface area contributed by atoms with Crippen molar-refractivity contribution in [2.24, 2.45) is 11.8 Å². The van der Waals surface area contributed by atoms with Crippen LogP contribution in [0.3, 0.4) is 0 Å². The van der Waals surface area contributed by atoms with Gasteiger partial charge in [0.15, 0.2) is 6.29 Å². The fourth-order valence-electron chi connectivity index (χ4n) is 4.70. The minimum absolute atomic E-state index is 0.0696. The lowest BCUT2D eigenvalue weighted by atomic mass is 9.76. The van der Waals surface area contributed by atoms with Crippen LogP contribution < -0.4 is 5.32 Å². The molecule has 0 unspecified atom stereocenters. The highest BCUT2D eigenvalue weighted by molar-refractivity contribution is 5.34. The summed E-state index contributed by atoms with van der Waals surface area (Å²) in [6, 6.07) is 5.70. The monoisotopic (exact) mass is 477 g/mol. The van der Waals surface area contributed by atoms with Gasteiger partial charge in [-0.2, -0.15) is 26.3 Å². The normalized spacial score (nSPS) is 25.8. The van der Waals surface area contributed by atoms with Crippen LogP contribution in [0.1, 0.15) is 33.7 Å². The van der Waals surface area contributed by atoms with Crippen molar-refractivity contribution in [2.75, 3.05) is 19.7 Å². The number of aryl methyl sites for hydroxylation is 1. The highest BCUT2D eigenvalue weighted by atomic mass is 19.4. The van der Waals surface area contributed by atoms with Crippen LogP contribution in [0.25, 0.3) is 0 Å². The molecule has 3 nitrogen and oxygen atoms in total. The molecule has 0 spiro atoms. The third-order valence-corrected chi connectivity index (χ3v) is 6.27. The molecule has 2 aliphatic heterocycles. The first-order valence-electron chi connectivity index (χ1n) is 10.4. The van der Waals surface area contributed by atoms with Crippen LogP contribution in [-0.2, 0) is 28.4 Å². The van der Waals surface area contributed by atoms with E-state index in [1.165, 1.54) is 12.1 Å². The van der Waals surface area contributed by atoms with Gasteiger partial charge in [-0.25, -0.2) is 4.39 Å². The standard InChI is InChI=1S/C23H22F7NO2/c1-12-4-17(24)2-3-18(12)20-19-9-31-8-14(19)11-33-21(20)32-10-13-5-15(22(25,26)27)7-16(6-13)23(28,29)30/h2-7,14,19-21,31H,8-11H2,1H3/t14-,19+,20-,21-/m0/s1. The van der Waals surface area contributed by atoms with Crippen LogP contribution >= 0.6 is 0 Å². The molecule has 2 fully saturated rings. The molecular formula is C23H22F7NO2. The number of benzene rings is 2.